The molecule has 4 aromatic carbocycles. The number of nitrogens with zero attached hydrogens (tertiary/aromatic N) is 2. The zero-order valence-corrected chi connectivity index (χ0v) is 24.6. The lowest BCUT2D eigenvalue weighted by molar-refractivity contribution is -0.0566. The normalized spacial score (nSPS) is 15.3. The van der Waals surface area contributed by atoms with Crippen LogP contribution >= 0.6 is 0 Å². The van der Waals surface area contributed by atoms with Gasteiger partial charge in [0.25, 0.3) is 23.6 Å². The molecule has 0 saturated heterocycles. The Morgan fingerprint density at radius 3 is 1.28 bits per heavy atom. The first-order valence-corrected chi connectivity index (χ1v) is 15.1. The Hall–Kier alpha value is -4.40. The zero-order chi connectivity index (χ0) is 30.5. The van der Waals surface area contributed by atoms with Gasteiger partial charge in [0.1, 0.15) is 5.66 Å². The smallest absolute Gasteiger partial charge is 0.263 e. The zero-order valence-electron chi connectivity index (χ0n) is 24.6. The molecular formula is C35H36N4O4. The van der Waals surface area contributed by atoms with Crippen LogP contribution in [0.25, 0.3) is 21.5 Å². The lowest BCUT2D eigenvalue weighted by atomic mass is 9.79. The number of unbranched alkanes of at least 4 members (excludes halogenated alkanes) is 4. The Kier molecular flexibility index (Phi) is 7.15. The van der Waals surface area contributed by atoms with E-state index in [0.29, 0.717) is 39.4 Å². The van der Waals surface area contributed by atoms with Gasteiger partial charge in [0.2, 0.25) is 0 Å². The number of carbonyl (C=O) groups is 4. The van der Waals surface area contributed by atoms with Gasteiger partial charge in [0, 0.05) is 33.0 Å². The highest BCUT2D eigenvalue weighted by atomic mass is 16.2. The van der Waals surface area contributed by atoms with Gasteiger partial charge < -0.3 is 11.5 Å². The summed E-state index contributed by atoms with van der Waals surface area (Å²) >= 11 is 0. The molecule has 4 aromatic rings. The van der Waals surface area contributed by atoms with Gasteiger partial charge in [0.15, 0.2) is 5.66 Å². The molecule has 0 bridgehead atoms. The van der Waals surface area contributed by atoms with Gasteiger partial charge in [0.05, 0.1) is 0 Å². The van der Waals surface area contributed by atoms with Gasteiger partial charge >= 0.3 is 0 Å². The molecule has 0 fully saturated rings. The lowest BCUT2D eigenvalue weighted by Gasteiger charge is -2.57. The summed E-state index contributed by atoms with van der Waals surface area (Å²) in [6, 6.07) is 21.0. The summed E-state index contributed by atoms with van der Waals surface area (Å²) in [4.78, 5) is 60.1. The number of carbonyl (C=O) groups excluding carboxylic acids is 4. The fourth-order valence-corrected chi connectivity index (χ4v) is 7.12. The number of nitrogens with two attached hydrogens (primary N) is 2. The molecule has 0 unspecified atom stereocenters. The summed E-state index contributed by atoms with van der Waals surface area (Å²) in [5.41, 5.74) is 11.4. The van der Waals surface area contributed by atoms with Crippen molar-refractivity contribution in [2.45, 2.75) is 70.1 Å². The van der Waals surface area contributed by atoms with Crippen LogP contribution < -0.4 is 11.5 Å². The lowest BCUT2D eigenvalue weighted by Crippen LogP contribution is -2.83. The number of hydrogen-bond acceptors (Lipinski definition) is 6. The van der Waals surface area contributed by atoms with Crippen LogP contribution in [0.4, 0.5) is 0 Å². The molecule has 0 spiro atoms. The second-order valence-electron chi connectivity index (χ2n) is 11.7. The first kappa shape index (κ1) is 28.7. The molecule has 2 aliphatic heterocycles. The molecule has 43 heavy (non-hydrogen) atoms. The largest absolute Gasteiger partial charge is 0.310 e. The van der Waals surface area contributed by atoms with E-state index >= 15 is 0 Å². The van der Waals surface area contributed by atoms with E-state index in [-0.39, 0.29) is 12.8 Å². The summed E-state index contributed by atoms with van der Waals surface area (Å²) in [5, 5.41) is 2.55. The molecule has 220 valence electrons. The quantitative estimate of drug-likeness (QED) is 0.136. The van der Waals surface area contributed by atoms with Crippen molar-refractivity contribution < 1.29 is 19.2 Å². The first-order chi connectivity index (χ1) is 20.7. The monoisotopic (exact) mass is 576 g/mol. The Bertz CT molecular complexity index is 1590. The fourth-order valence-electron chi connectivity index (χ4n) is 7.12. The van der Waals surface area contributed by atoms with Crippen molar-refractivity contribution in [3.05, 3.63) is 95.1 Å². The summed E-state index contributed by atoms with van der Waals surface area (Å²) in [7, 11) is 0. The molecule has 0 aromatic heterocycles. The van der Waals surface area contributed by atoms with Crippen molar-refractivity contribution in [1.82, 2.24) is 9.80 Å². The number of rotatable bonds is 10. The minimum absolute atomic E-state index is 0.0554. The highest BCUT2D eigenvalue weighted by Gasteiger charge is 2.63. The Morgan fingerprint density at radius 2 is 0.930 bits per heavy atom. The van der Waals surface area contributed by atoms with E-state index in [1.165, 1.54) is 0 Å². The third kappa shape index (κ3) is 4.12. The Labute approximate surface area is 250 Å². The average Bonchev–Trinajstić information content (AvgIpc) is 3.01. The maximum atomic E-state index is 14.5. The molecular weight excluding hydrogens is 540 g/mol. The Balaban J connectivity index is 1.58. The number of hydrogen-bond donors (Lipinski definition) is 2. The maximum Gasteiger partial charge on any atom is 0.263 e. The van der Waals surface area contributed by atoms with E-state index in [4.69, 9.17) is 11.5 Å². The van der Waals surface area contributed by atoms with Crippen molar-refractivity contribution >= 4 is 45.2 Å². The van der Waals surface area contributed by atoms with Crippen LogP contribution in [-0.4, -0.2) is 44.8 Å². The molecule has 4 amide bonds. The number of benzene rings is 4. The molecule has 8 nitrogen and oxygen atoms in total. The van der Waals surface area contributed by atoms with Crippen molar-refractivity contribution in [1.29, 1.82) is 0 Å². The first-order valence-electron chi connectivity index (χ1n) is 15.1. The molecule has 0 radical (unpaired) electrons. The summed E-state index contributed by atoms with van der Waals surface area (Å²) in [5.74, 6) is -2.56. The number of amides is 4. The molecule has 0 aliphatic carbocycles. The molecule has 2 heterocycles. The summed E-state index contributed by atoms with van der Waals surface area (Å²) < 4.78 is 0. The molecule has 6 rings (SSSR count). The highest BCUT2D eigenvalue weighted by molar-refractivity contribution is 6.28. The maximum absolute atomic E-state index is 14.5. The molecule has 4 N–H and O–H groups in total. The fraction of sp³-hybridized carbons (Fsp3) is 0.314. The number of imide groups is 2. The average molecular weight is 577 g/mol. The van der Waals surface area contributed by atoms with Crippen LogP contribution in [0.2, 0.25) is 0 Å². The summed E-state index contributed by atoms with van der Waals surface area (Å²) in [6.45, 7) is 3.84. The highest BCUT2D eigenvalue weighted by Crippen LogP contribution is 2.44. The minimum Gasteiger partial charge on any atom is -0.310 e. The third-order valence-electron chi connectivity index (χ3n) is 9.22. The van der Waals surface area contributed by atoms with Crippen LogP contribution in [0, 0.1) is 0 Å². The molecule has 2 aliphatic rings. The van der Waals surface area contributed by atoms with Gasteiger partial charge in [-0.1, -0.05) is 94.5 Å². The van der Waals surface area contributed by atoms with Gasteiger partial charge in [-0.3, -0.25) is 19.2 Å². The summed E-state index contributed by atoms with van der Waals surface area (Å²) in [6.07, 6.45) is 4.63. The van der Waals surface area contributed by atoms with E-state index in [9.17, 15) is 19.2 Å². The van der Waals surface area contributed by atoms with Gasteiger partial charge in [-0.25, -0.2) is 9.80 Å². The minimum atomic E-state index is -2.01. The van der Waals surface area contributed by atoms with Crippen LogP contribution in [0.15, 0.2) is 72.8 Å². The van der Waals surface area contributed by atoms with Gasteiger partial charge in [-0.15, -0.1) is 0 Å². The third-order valence-corrected chi connectivity index (χ3v) is 9.22. The predicted molar refractivity (Wildman–Crippen MR) is 166 cm³/mol. The van der Waals surface area contributed by atoms with Crippen LogP contribution in [-0.2, 0) is 0 Å². The van der Waals surface area contributed by atoms with E-state index in [1.807, 2.05) is 24.3 Å². The van der Waals surface area contributed by atoms with E-state index in [2.05, 4.69) is 6.92 Å². The van der Waals surface area contributed by atoms with Crippen molar-refractivity contribution in [2.75, 3.05) is 0 Å². The SMILES string of the molecule is CCCCCCCC(N)(N)C(CC)(N1C(=O)c2cccc3cccc(c23)C1=O)N1C(=O)c2cccc3cccc(c23)C1=O. The van der Waals surface area contributed by atoms with E-state index < -0.39 is 35.0 Å². The van der Waals surface area contributed by atoms with Gasteiger partial charge in [-0.2, -0.15) is 0 Å². The second kappa shape index (κ2) is 10.7. The topological polar surface area (TPSA) is 127 Å². The van der Waals surface area contributed by atoms with E-state index in [0.717, 1.165) is 46.3 Å². The van der Waals surface area contributed by atoms with Crippen molar-refractivity contribution in [3.63, 3.8) is 0 Å². The van der Waals surface area contributed by atoms with Crippen LogP contribution in [0.5, 0.6) is 0 Å². The van der Waals surface area contributed by atoms with Crippen LogP contribution in [0.1, 0.15) is 100 Å². The molecule has 0 atom stereocenters. The molecule has 0 saturated carbocycles. The van der Waals surface area contributed by atoms with Gasteiger partial charge in [-0.05, 0) is 47.9 Å². The standard InChI is InChI=1S/C35H36N4O4/c1-3-5-6-7-8-21-34(36,37)35(4-2,38-30(40)24-17-9-13-22-14-10-18-25(28(22)24)31(38)41)39-32(42)26-19-11-15-23-16-12-20-27(29(23)26)33(39)43/h9-20H,3-8,21,36-37H2,1-2H3. The molecule has 8 heteroatoms. The van der Waals surface area contributed by atoms with Crippen molar-refractivity contribution in [3.8, 4) is 0 Å². The predicted octanol–water partition coefficient (Wildman–Crippen LogP) is 5.97. The van der Waals surface area contributed by atoms with E-state index in [1.54, 1.807) is 55.5 Å². The van der Waals surface area contributed by atoms with Crippen molar-refractivity contribution in [2.24, 2.45) is 11.5 Å². The van der Waals surface area contributed by atoms with Crippen LogP contribution in [0.3, 0.4) is 0 Å². The second-order valence-corrected chi connectivity index (χ2v) is 11.7. The Morgan fingerprint density at radius 1 is 0.558 bits per heavy atom.